The number of hydrogen-bond donors (Lipinski definition) is 0. The van der Waals surface area contributed by atoms with Crippen LogP contribution in [0.15, 0.2) is 24.3 Å². The topological polar surface area (TPSA) is 20.3 Å². The van der Waals surface area contributed by atoms with Crippen molar-refractivity contribution < 1.29 is 4.79 Å². The van der Waals surface area contributed by atoms with E-state index in [0.29, 0.717) is 0 Å². The van der Waals surface area contributed by atoms with Gasteiger partial charge in [0.15, 0.2) is 0 Å². The number of unbranched alkanes of at least 4 members (excludes halogenated alkanes) is 2. The lowest BCUT2D eigenvalue weighted by molar-refractivity contribution is -0.124. The van der Waals surface area contributed by atoms with Crippen LogP contribution < -0.4 is 0 Å². The summed E-state index contributed by atoms with van der Waals surface area (Å²) < 4.78 is 0. The third kappa shape index (κ3) is 4.82. The monoisotopic (exact) mass is 207 g/mol. The average molecular weight is 207 g/mol. The maximum atomic E-state index is 11.5. The Morgan fingerprint density at radius 1 is 1.27 bits per heavy atom. The van der Waals surface area contributed by atoms with Gasteiger partial charge in [0.05, 0.1) is 0 Å². The molecular formula is C13H21NO. The highest BCUT2D eigenvalue weighted by Gasteiger charge is 2.14. The van der Waals surface area contributed by atoms with Crippen molar-refractivity contribution in [2.45, 2.75) is 39.0 Å². The zero-order chi connectivity index (χ0) is 10.9. The van der Waals surface area contributed by atoms with Crippen molar-refractivity contribution in [1.82, 2.24) is 4.90 Å². The van der Waals surface area contributed by atoms with Crippen LogP contribution in [0.2, 0.25) is 0 Å². The van der Waals surface area contributed by atoms with Gasteiger partial charge in [-0.15, -0.1) is 0 Å². The number of hydrogen-bond acceptors (Lipinski definition) is 1. The normalized spacial score (nSPS) is 17.0. The minimum atomic E-state index is 0.160. The molecule has 15 heavy (non-hydrogen) atoms. The molecule has 1 aliphatic rings. The first kappa shape index (κ1) is 12.0. The Bertz CT molecular complexity index is 237. The highest BCUT2D eigenvalue weighted by Crippen LogP contribution is 2.07. The summed E-state index contributed by atoms with van der Waals surface area (Å²) >= 11 is 0. The molecule has 2 nitrogen and oxygen atoms in total. The second-order valence-electron chi connectivity index (χ2n) is 3.96. The Hall–Kier alpha value is -1.05. The van der Waals surface area contributed by atoms with Gasteiger partial charge >= 0.3 is 0 Å². The van der Waals surface area contributed by atoms with Gasteiger partial charge in [0, 0.05) is 19.2 Å². The number of allylic oxidation sites excluding steroid dienone is 3. The summed E-state index contributed by atoms with van der Waals surface area (Å²) in [6.45, 7) is 4.05. The summed E-state index contributed by atoms with van der Waals surface area (Å²) in [5.41, 5.74) is 0. The number of carbonyl (C=O) groups excluding carboxylic acids is 1. The van der Waals surface area contributed by atoms with Crippen LogP contribution >= 0.6 is 0 Å². The Kier molecular flexibility index (Phi) is 5.83. The lowest BCUT2D eigenvalue weighted by Crippen LogP contribution is -2.25. The molecule has 0 radical (unpaired) electrons. The molecule has 1 saturated heterocycles. The molecule has 0 aliphatic carbocycles. The lowest BCUT2D eigenvalue weighted by atomic mass is 10.2. The van der Waals surface area contributed by atoms with Gasteiger partial charge in [0.25, 0.3) is 0 Å². The van der Waals surface area contributed by atoms with Gasteiger partial charge in [-0.05, 0) is 19.3 Å². The molecule has 0 bridgehead atoms. The molecule has 1 aliphatic heterocycles. The molecule has 0 aromatic heterocycles. The molecule has 1 fully saturated rings. The largest absolute Gasteiger partial charge is 0.339 e. The lowest BCUT2D eigenvalue weighted by Gasteiger charge is -2.11. The number of nitrogens with zero attached hydrogens (tertiary/aromatic N) is 1. The zero-order valence-electron chi connectivity index (χ0n) is 9.61. The smallest absolute Gasteiger partial charge is 0.246 e. The summed E-state index contributed by atoms with van der Waals surface area (Å²) in [6.07, 6.45) is 13.5. The standard InChI is InChI=1S/C13H21NO/c1-2-3-4-5-6-7-10-13(15)14-11-8-9-12-14/h5-7,10H,2-4,8-9,11-12H2,1H3/b6-5+,10-7+. The van der Waals surface area contributed by atoms with Crippen LogP contribution in [0, 0.1) is 0 Å². The molecule has 0 unspecified atom stereocenters. The van der Waals surface area contributed by atoms with Gasteiger partial charge in [-0.3, -0.25) is 4.79 Å². The van der Waals surface area contributed by atoms with Gasteiger partial charge in [-0.1, -0.05) is 38.0 Å². The summed E-state index contributed by atoms with van der Waals surface area (Å²) in [4.78, 5) is 13.5. The van der Waals surface area contributed by atoms with Crippen LogP contribution in [0.25, 0.3) is 0 Å². The zero-order valence-corrected chi connectivity index (χ0v) is 9.61. The molecule has 0 aromatic carbocycles. The molecular weight excluding hydrogens is 186 g/mol. The second-order valence-corrected chi connectivity index (χ2v) is 3.96. The third-order valence-electron chi connectivity index (χ3n) is 2.63. The van der Waals surface area contributed by atoms with E-state index in [4.69, 9.17) is 0 Å². The van der Waals surface area contributed by atoms with Gasteiger partial charge in [-0.25, -0.2) is 0 Å². The van der Waals surface area contributed by atoms with E-state index in [1.165, 1.54) is 12.8 Å². The highest BCUT2D eigenvalue weighted by molar-refractivity contribution is 5.88. The molecule has 0 N–H and O–H groups in total. The highest BCUT2D eigenvalue weighted by atomic mass is 16.2. The van der Waals surface area contributed by atoms with Crippen molar-refractivity contribution >= 4 is 5.91 Å². The van der Waals surface area contributed by atoms with Crippen molar-refractivity contribution in [1.29, 1.82) is 0 Å². The maximum absolute atomic E-state index is 11.5. The first-order chi connectivity index (χ1) is 7.34. The fourth-order valence-corrected chi connectivity index (χ4v) is 1.68. The molecule has 1 heterocycles. The number of rotatable bonds is 5. The fourth-order valence-electron chi connectivity index (χ4n) is 1.68. The molecule has 1 amide bonds. The Balaban J connectivity index is 2.18. The van der Waals surface area contributed by atoms with E-state index < -0.39 is 0 Å². The van der Waals surface area contributed by atoms with E-state index in [2.05, 4.69) is 13.0 Å². The predicted octanol–water partition coefficient (Wildman–Crippen LogP) is 2.91. The van der Waals surface area contributed by atoms with Crippen LogP contribution in [-0.4, -0.2) is 23.9 Å². The quantitative estimate of drug-likeness (QED) is 0.385. The van der Waals surface area contributed by atoms with Crippen molar-refractivity contribution in [2.75, 3.05) is 13.1 Å². The molecule has 2 heteroatoms. The maximum Gasteiger partial charge on any atom is 0.246 e. The van der Waals surface area contributed by atoms with Crippen LogP contribution in [0.3, 0.4) is 0 Å². The van der Waals surface area contributed by atoms with Gasteiger partial charge in [0.1, 0.15) is 0 Å². The fraction of sp³-hybridized carbons (Fsp3) is 0.615. The van der Waals surface area contributed by atoms with Crippen LogP contribution in [0.1, 0.15) is 39.0 Å². The molecule has 84 valence electrons. The molecule has 0 atom stereocenters. The van der Waals surface area contributed by atoms with Crippen LogP contribution in [-0.2, 0) is 4.79 Å². The average Bonchev–Trinajstić information content (AvgIpc) is 2.76. The second kappa shape index (κ2) is 7.27. The molecule has 0 aromatic rings. The van der Waals surface area contributed by atoms with E-state index in [1.807, 2.05) is 17.1 Å². The third-order valence-corrected chi connectivity index (χ3v) is 2.63. The first-order valence-corrected chi connectivity index (χ1v) is 5.96. The number of amides is 1. The summed E-state index contributed by atoms with van der Waals surface area (Å²) in [5.74, 6) is 0.160. The number of likely N-dealkylation sites (tertiary alicyclic amines) is 1. The van der Waals surface area contributed by atoms with E-state index in [1.54, 1.807) is 6.08 Å². The Morgan fingerprint density at radius 2 is 2.00 bits per heavy atom. The predicted molar refractivity (Wildman–Crippen MR) is 63.6 cm³/mol. The van der Waals surface area contributed by atoms with Crippen LogP contribution in [0.4, 0.5) is 0 Å². The number of carbonyl (C=O) groups is 1. The molecule has 0 saturated carbocycles. The van der Waals surface area contributed by atoms with E-state index >= 15 is 0 Å². The van der Waals surface area contributed by atoms with Gasteiger partial charge in [-0.2, -0.15) is 0 Å². The van der Waals surface area contributed by atoms with E-state index in [0.717, 1.165) is 32.4 Å². The van der Waals surface area contributed by atoms with Crippen molar-refractivity contribution in [3.05, 3.63) is 24.3 Å². The van der Waals surface area contributed by atoms with Gasteiger partial charge < -0.3 is 4.90 Å². The van der Waals surface area contributed by atoms with Crippen molar-refractivity contribution in [3.63, 3.8) is 0 Å². The minimum absolute atomic E-state index is 0.160. The van der Waals surface area contributed by atoms with Crippen LogP contribution in [0.5, 0.6) is 0 Å². The molecule has 1 rings (SSSR count). The first-order valence-electron chi connectivity index (χ1n) is 5.96. The summed E-state index contributed by atoms with van der Waals surface area (Å²) in [7, 11) is 0. The Labute approximate surface area is 92.7 Å². The van der Waals surface area contributed by atoms with Gasteiger partial charge in [0.2, 0.25) is 5.91 Å². The summed E-state index contributed by atoms with van der Waals surface area (Å²) in [5, 5.41) is 0. The molecule has 0 spiro atoms. The van der Waals surface area contributed by atoms with Crippen molar-refractivity contribution in [3.8, 4) is 0 Å². The summed E-state index contributed by atoms with van der Waals surface area (Å²) in [6, 6.07) is 0. The SMILES string of the molecule is CCCC/C=C/C=C/C(=O)N1CCCC1. The minimum Gasteiger partial charge on any atom is -0.339 e. The Morgan fingerprint density at radius 3 is 2.67 bits per heavy atom. The van der Waals surface area contributed by atoms with E-state index in [-0.39, 0.29) is 5.91 Å². The van der Waals surface area contributed by atoms with Crippen molar-refractivity contribution in [2.24, 2.45) is 0 Å². The van der Waals surface area contributed by atoms with E-state index in [9.17, 15) is 4.79 Å².